The highest BCUT2D eigenvalue weighted by atomic mass is 32.2. The fraction of sp³-hybridized carbons (Fsp3) is 0.105. The molecule has 1 N–H and O–H groups in total. The smallest absolute Gasteiger partial charge is 0.265 e. The van der Waals surface area contributed by atoms with Crippen LogP contribution in [0.15, 0.2) is 64.7 Å². The van der Waals surface area contributed by atoms with Crippen LogP contribution < -0.4 is 5.32 Å². The van der Waals surface area contributed by atoms with Gasteiger partial charge in [0.15, 0.2) is 0 Å². The summed E-state index contributed by atoms with van der Waals surface area (Å²) in [7, 11) is 0. The van der Waals surface area contributed by atoms with Crippen LogP contribution in [0.2, 0.25) is 0 Å². The molecule has 2 aromatic rings. The fourth-order valence-electron chi connectivity index (χ4n) is 2.95. The Morgan fingerprint density at radius 2 is 1.74 bits per heavy atom. The minimum Gasteiger partial charge on any atom is -0.307 e. The summed E-state index contributed by atoms with van der Waals surface area (Å²) in [5.74, 6) is -0.912. The lowest BCUT2D eigenvalue weighted by atomic mass is 9.98. The molecule has 1 saturated heterocycles. The lowest BCUT2D eigenvalue weighted by Gasteiger charge is -2.20. The third-order valence-electron chi connectivity index (χ3n) is 4.27. The predicted octanol–water partition coefficient (Wildman–Crippen LogP) is 4.11. The number of thiocarbonyl (C=S) groups is 1. The molecule has 2 aromatic carbocycles. The zero-order valence-electron chi connectivity index (χ0n) is 13.9. The summed E-state index contributed by atoms with van der Waals surface area (Å²) in [5.41, 5.74) is 2.41. The molecule has 136 valence electrons. The Labute approximate surface area is 163 Å². The first-order valence-electron chi connectivity index (χ1n) is 8.12. The number of nitrogens with one attached hydrogen (secondary N) is 1. The van der Waals surface area contributed by atoms with Gasteiger partial charge in [0.25, 0.3) is 5.91 Å². The third-order valence-corrected chi connectivity index (χ3v) is 5.42. The predicted molar refractivity (Wildman–Crippen MR) is 105 cm³/mol. The number of benzene rings is 2. The molecule has 4 rings (SSSR count). The molecule has 0 aliphatic carbocycles. The highest BCUT2D eigenvalue weighted by molar-refractivity contribution is 8.26. The number of thioether (sulfide) groups is 1. The van der Waals surface area contributed by atoms with Gasteiger partial charge in [-0.25, -0.2) is 8.78 Å². The van der Waals surface area contributed by atoms with E-state index < -0.39 is 0 Å². The average Bonchev–Trinajstić information content (AvgIpc) is 3.20. The molecule has 2 heterocycles. The van der Waals surface area contributed by atoms with Gasteiger partial charge in [0.05, 0.1) is 16.7 Å². The Bertz CT molecular complexity index is 971. The van der Waals surface area contributed by atoms with E-state index in [0.717, 1.165) is 16.8 Å². The zero-order chi connectivity index (χ0) is 19.0. The van der Waals surface area contributed by atoms with Gasteiger partial charge in [0.1, 0.15) is 16.0 Å². The van der Waals surface area contributed by atoms with Crippen LogP contribution in [0.25, 0.3) is 0 Å². The van der Waals surface area contributed by atoms with Crippen molar-refractivity contribution in [2.24, 2.45) is 5.10 Å². The summed E-state index contributed by atoms with van der Waals surface area (Å²) in [4.78, 5) is 12.4. The zero-order valence-corrected chi connectivity index (χ0v) is 15.5. The molecule has 0 spiro atoms. The first-order chi connectivity index (χ1) is 13.0. The average molecular weight is 401 g/mol. The van der Waals surface area contributed by atoms with E-state index in [4.69, 9.17) is 12.2 Å². The summed E-state index contributed by atoms with van der Waals surface area (Å²) in [6.45, 7) is 0. The van der Waals surface area contributed by atoms with Crippen molar-refractivity contribution in [1.29, 1.82) is 0 Å². The van der Waals surface area contributed by atoms with E-state index >= 15 is 0 Å². The highest BCUT2D eigenvalue weighted by Gasteiger charge is 2.31. The van der Waals surface area contributed by atoms with Crippen LogP contribution in [-0.2, 0) is 4.79 Å². The van der Waals surface area contributed by atoms with Gasteiger partial charge in [-0.3, -0.25) is 9.80 Å². The summed E-state index contributed by atoms with van der Waals surface area (Å²) in [5, 5.41) is 8.87. The van der Waals surface area contributed by atoms with Gasteiger partial charge in [-0.05, 0) is 35.4 Å². The summed E-state index contributed by atoms with van der Waals surface area (Å²) >= 11 is 6.19. The van der Waals surface area contributed by atoms with Gasteiger partial charge < -0.3 is 5.32 Å². The van der Waals surface area contributed by atoms with E-state index in [9.17, 15) is 13.6 Å². The molecule has 0 radical (unpaired) electrons. The number of carbonyl (C=O) groups is 1. The van der Waals surface area contributed by atoms with Crippen molar-refractivity contribution in [2.45, 2.75) is 12.5 Å². The molecule has 0 bridgehead atoms. The van der Waals surface area contributed by atoms with Crippen molar-refractivity contribution < 1.29 is 13.6 Å². The molecule has 8 heteroatoms. The topological polar surface area (TPSA) is 44.7 Å². The van der Waals surface area contributed by atoms with Gasteiger partial charge in [-0.2, -0.15) is 5.10 Å². The van der Waals surface area contributed by atoms with E-state index in [1.807, 2.05) is 0 Å². The largest absolute Gasteiger partial charge is 0.307 e. The van der Waals surface area contributed by atoms with Crippen molar-refractivity contribution in [3.8, 4) is 0 Å². The number of hydrazone groups is 1. The maximum absolute atomic E-state index is 13.3. The molecular weight excluding hydrogens is 388 g/mol. The molecule has 2 aliphatic rings. The van der Waals surface area contributed by atoms with E-state index in [0.29, 0.717) is 15.6 Å². The second-order valence-electron chi connectivity index (χ2n) is 6.04. The second-order valence-corrected chi connectivity index (χ2v) is 7.76. The van der Waals surface area contributed by atoms with Crippen molar-refractivity contribution in [2.75, 3.05) is 0 Å². The molecule has 2 aliphatic heterocycles. The third kappa shape index (κ3) is 3.77. The van der Waals surface area contributed by atoms with Crippen LogP contribution in [0, 0.1) is 11.6 Å². The van der Waals surface area contributed by atoms with Crippen LogP contribution in [0.3, 0.4) is 0 Å². The minimum absolute atomic E-state index is 0.208. The summed E-state index contributed by atoms with van der Waals surface area (Å²) in [6, 6.07) is 12.1. The molecule has 1 fully saturated rings. The van der Waals surface area contributed by atoms with Crippen molar-refractivity contribution in [3.63, 3.8) is 0 Å². The molecule has 27 heavy (non-hydrogen) atoms. The highest BCUT2D eigenvalue weighted by Crippen LogP contribution is 2.35. The van der Waals surface area contributed by atoms with Gasteiger partial charge in [0, 0.05) is 12.6 Å². The Hall–Kier alpha value is -2.58. The van der Waals surface area contributed by atoms with Crippen molar-refractivity contribution in [1.82, 2.24) is 10.3 Å². The van der Waals surface area contributed by atoms with Gasteiger partial charge in [0.2, 0.25) is 0 Å². The number of carbonyl (C=O) groups excluding carboxylic acids is 1. The maximum atomic E-state index is 13.3. The summed E-state index contributed by atoms with van der Waals surface area (Å²) < 4.78 is 26.9. The fourth-order valence-corrected chi connectivity index (χ4v) is 3.96. The number of rotatable bonds is 3. The Morgan fingerprint density at radius 3 is 2.33 bits per heavy atom. The number of halogens is 2. The molecular formula is C19H13F2N3OS2. The minimum atomic E-state index is -0.322. The van der Waals surface area contributed by atoms with Crippen LogP contribution in [0.1, 0.15) is 23.6 Å². The monoisotopic (exact) mass is 401 g/mol. The van der Waals surface area contributed by atoms with E-state index in [-0.39, 0.29) is 23.6 Å². The number of hydrogen-bond donors (Lipinski definition) is 1. The number of nitrogens with zero attached hydrogens (tertiary/aromatic N) is 2. The van der Waals surface area contributed by atoms with Crippen molar-refractivity contribution >= 4 is 39.9 Å². The molecule has 0 saturated carbocycles. The van der Waals surface area contributed by atoms with Crippen molar-refractivity contribution in [3.05, 3.63) is 82.4 Å². The van der Waals surface area contributed by atoms with E-state index in [1.165, 1.54) is 36.0 Å². The summed E-state index contributed by atoms with van der Waals surface area (Å²) in [6.07, 6.45) is 2.18. The van der Waals surface area contributed by atoms with Gasteiger partial charge >= 0.3 is 0 Å². The maximum Gasteiger partial charge on any atom is 0.265 e. The molecule has 1 unspecified atom stereocenters. The molecule has 1 atom stereocenters. The van der Waals surface area contributed by atoms with Crippen LogP contribution in [0.4, 0.5) is 8.78 Å². The molecule has 1 amide bonds. The first-order valence-corrected chi connectivity index (χ1v) is 9.34. The number of amides is 1. The lowest BCUT2D eigenvalue weighted by molar-refractivity contribution is -0.115. The molecule has 4 nitrogen and oxygen atoms in total. The van der Waals surface area contributed by atoms with E-state index in [2.05, 4.69) is 10.4 Å². The normalized spacial score (nSPS) is 21.0. The Morgan fingerprint density at radius 1 is 1.11 bits per heavy atom. The number of hydrogen-bond acceptors (Lipinski definition) is 5. The van der Waals surface area contributed by atoms with Crippen LogP contribution in [-0.4, -0.2) is 20.9 Å². The quantitative estimate of drug-likeness (QED) is 0.621. The SMILES string of the molecule is O=C1NC(=S)S/C1=C\N1N=C(c2ccc(F)cc2)CC1c1ccc(F)cc1. The molecule has 0 aromatic heterocycles. The lowest BCUT2D eigenvalue weighted by Crippen LogP contribution is -2.19. The van der Waals surface area contributed by atoms with Gasteiger partial charge in [-0.1, -0.05) is 48.2 Å². The first kappa shape index (κ1) is 17.8. The standard InChI is InChI=1S/C19H13F2N3OS2/c20-13-5-1-11(2-6-13)15-9-16(12-3-7-14(21)8-4-12)24(23-15)10-17-18(25)22-19(26)27-17/h1-8,10,16H,9H2,(H,22,25,26)/b17-10-. The Balaban J connectivity index is 1.70. The van der Waals surface area contributed by atoms with E-state index in [1.54, 1.807) is 35.5 Å². The van der Waals surface area contributed by atoms with Crippen LogP contribution in [0.5, 0.6) is 0 Å². The second kappa shape index (κ2) is 7.21. The van der Waals surface area contributed by atoms with Crippen LogP contribution >= 0.6 is 24.0 Å². The van der Waals surface area contributed by atoms with Gasteiger partial charge in [-0.15, -0.1) is 0 Å². The Kier molecular flexibility index (Phi) is 4.75.